The largest absolute Gasteiger partial charge is 0.307 e. The zero-order valence-corrected chi connectivity index (χ0v) is 13.6. The Morgan fingerprint density at radius 2 is 1.75 bits per heavy atom. The fourth-order valence-corrected chi connectivity index (χ4v) is 3.58. The van der Waals surface area contributed by atoms with Gasteiger partial charge in [-0.1, -0.05) is 50.4 Å². The molecule has 0 spiro atoms. The minimum absolute atomic E-state index is 0.472. The van der Waals surface area contributed by atoms with Gasteiger partial charge < -0.3 is 5.32 Å². The van der Waals surface area contributed by atoms with Crippen LogP contribution in [-0.2, 0) is 0 Å². The summed E-state index contributed by atoms with van der Waals surface area (Å²) in [5, 5.41) is 4.68. The summed E-state index contributed by atoms with van der Waals surface area (Å²) in [6.45, 7) is 4.56. The van der Waals surface area contributed by atoms with Gasteiger partial charge in [0.25, 0.3) is 0 Å². The molecule has 1 aromatic carbocycles. The summed E-state index contributed by atoms with van der Waals surface area (Å²) in [6, 6.07) is 9.49. The second-order valence-electron chi connectivity index (χ2n) is 6.19. The Hall–Kier alpha value is -0.530. The fraction of sp³-hybridized carbons (Fsp3) is 0.667. The van der Waals surface area contributed by atoms with E-state index in [1.807, 2.05) is 12.1 Å². The number of hydrogen-bond donors (Lipinski definition) is 1. The molecule has 1 saturated carbocycles. The van der Waals surface area contributed by atoms with E-state index in [0.717, 1.165) is 17.4 Å². The normalized spacial score (nSPS) is 24.6. The van der Waals surface area contributed by atoms with Crippen molar-refractivity contribution in [3.63, 3.8) is 0 Å². The molecule has 0 aromatic heterocycles. The van der Waals surface area contributed by atoms with Crippen LogP contribution in [0.4, 0.5) is 0 Å². The predicted octanol–water partition coefficient (Wildman–Crippen LogP) is 5.74. The van der Waals surface area contributed by atoms with Crippen molar-refractivity contribution in [3.8, 4) is 0 Å². The summed E-state index contributed by atoms with van der Waals surface area (Å²) in [6.07, 6.45) is 9.39. The van der Waals surface area contributed by atoms with Crippen LogP contribution in [0.3, 0.4) is 0 Å². The Bertz CT molecular complexity index is 379. The third-order valence-corrected chi connectivity index (χ3v) is 4.91. The Kier molecular flexibility index (Phi) is 6.38. The van der Waals surface area contributed by atoms with Gasteiger partial charge in [0, 0.05) is 17.1 Å². The molecule has 1 unspecified atom stereocenters. The highest BCUT2D eigenvalue weighted by atomic mass is 35.5. The SMILES string of the molecule is CCCC1CCC(NC(CC)c2ccc(Cl)cc2)CC1. The number of hydrogen-bond acceptors (Lipinski definition) is 1. The Morgan fingerprint density at radius 3 is 2.30 bits per heavy atom. The summed E-state index contributed by atoms with van der Waals surface area (Å²) >= 11 is 5.98. The van der Waals surface area contributed by atoms with E-state index in [1.54, 1.807) is 0 Å². The quantitative estimate of drug-likeness (QED) is 0.705. The molecule has 0 aliphatic heterocycles. The van der Waals surface area contributed by atoms with Crippen LogP contribution in [0.2, 0.25) is 5.02 Å². The Morgan fingerprint density at radius 1 is 1.10 bits per heavy atom. The molecule has 1 N–H and O–H groups in total. The van der Waals surface area contributed by atoms with Crippen LogP contribution in [0, 0.1) is 5.92 Å². The fourth-order valence-electron chi connectivity index (χ4n) is 3.46. The van der Waals surface area contributed by atoms with Crippen LogP contribution >= 0.6 is 11.6 Å². The van der Waals surface area contributed by atoms with Crippen molar-refractivity contribution in [2.45, 2.75) is 70.9 Å². The maximum absolute atomic E-state index is 5.98. The zero-order valence-electron chi connectivity index (χ0n) is 12.9. The van der Waals surface area contributed by atoms with Crippen LogP contribution in [0.1, 0.15) is 70.4 Å². The van der Waals surface area contributed by atoms with Gasteiger partial charge in [0.1, 0.15) is 0 Å². The van der Waals surface area contributed by atoms with Gasteiger partial charge >= 0.3 is 0 Å². The van der Waals surface area contributed by atoms with Crippen LogP contribution < -0.4 is 5.32 Å². The Balaban J connectivity index is 1.86. The summed E-state index contributed by atoms with van der Waals surface area (Å²) in [4.78, 5) is 0. The first-order valence-corrected chi connectivity index (χ1v) is 8.62. The second kappa shape index (κ2) is 8.05. The molecule has 1 aliphatic carbocycles. The molecule has 1 aliphatic rings. The minimum atomic E-state index is 0.472. The van der Waals surface area contributed by atoms with Crippen molar-refractivity contribution >= 4 is 11.6 Å². The van der Waals surface area contributed by atoms with Gasteiger partial charge in [-0.15, -0.1) is 0 Å². The number of nitrogens with one attached hydrogen (secondary N) is 1. The summed E-state index contributed by atoms with van der Waals surface area (Å²) in [5.41, 5.74) is 1.37. The summed E-state index contributed by atoms with van der Waals surface area (Å²) in [5.74, 6) is 0.980. The molecule has 1 aromatic rings. The van der Waals surface area contributed by atoms with Crippen molar-refractivity contribution in [2.75, 3.05) is 0 Å². The van der Waals surface area contributed by atoms with E-state index in [2.05, 4.69) is 31.3 Å². The molecule has 0 amide bonds. The van der Waals surface area contributed by atoms with E-state index in [-0.39, 0.29) is 0 Å². The highest BCUT2D eigenvalue weighted by Gasteiger charge is 2.22. The van der Waals surface area contributed by atoms with E-state index in [1.165, 1.54) is 44.1 Å². The summed E-state index contributed by atoms with van der Waals surface area (Å²) < 4.78 is 0. The molecule has 0 saturated heterocycles. The van der Waals surface area contributed by atoms with E-state index in [4.69, 9.17) is 11.6 Å². The molecule has 0 bridgehead atoms. The van der Waals surface area contributed by atoms with Gasteiger partial charge in [-0.05, 0) is 55.7 Å². The maximum Gasteiger partial charge on any atom is 0.0406 e. The van der Waals surface area contributed by atoms with Gasteiger partial charge in [0.05, 0.1) is 0 Å². The van der Waals surface area contributed by atoms with Crippen LogP contribution in [-0.4, -0.2) is 6.04 Å². The van der Waals surface area contributed by atoms with Gasteiger partial charge in [0.15, 0.2) is 0 Å². The molecule has 1 nitrogen and oxygen atoms in total. The van der Waals surface area contributed by atoms with E-state index in [9.17, 15) is 0 Å². The third kappa shape index (κ3) is 4.49. The van der Waals surface area contributed by atoms with Crippen molar-refractivity contribution in [1.82, 2.24) is 5.32 Å². The lowest BCUT2D eigenvalue weighted by Gasteiger charge is -2.32. The maximum atomic E-state index is 5.98. The first-order chi connectivity index (χ1) is 9.72. The monoisotopic (exact) mass is 293 g/mol. The first kappa shape index (κ1) is 15.9. The molecule has 0 heterocycles. The average molecular weight is 294 g/mol. The van der Waals surface area contributed by atoms with E-state index < -0.39 is 0 Å². The number of benzene rings is 1. The third-order valence-electron chi connectivity index (χ3n) is 4.66. The van der Waals surface area contributed by atoms with Gasteiger partial charge in [-0.25, -0.2) is 0 Å². The Labute approximate surface area is 129 Å². The smallest absolute Gasteiger partial charge is 0.0406 e. The van der Waals surface area contributed by atoms with Crippen molar-refractivity contribution in [2.24, 2.45) is 5.92 Å². The van der Waals surface area contributed by atoms with Crippen LogP contribution in [0.5, 0.6) is 0 Å². The van der Waals surface area contributed by atoms with Gasteiger partial charge in [-0.3, -0.25) is 0 Å². The molecule has 2 rings (SSSR count). The lowest BCUT2D eigenvalue weighted by atomic mass is 9.83. The number of halogens is 1. The highest BCUT2D eigenvalue weighted by Crippen LogP contribution is 2.30. The standard InChI is InChI=1S/C18H28ClN/c1-3-5-14-6-12-17(13-7-14)20-18(4-2)15-8-10-16(19)11-9-15/h8-11,14,17-18,20H,3-7,12-13H2,1-2H3. The van der Waals surface area contributed by atoms with E-state index in [0.29, 0.717) is 12.1 Å². The summed E-state index contributed by atoms with van der Waals surface area (Å²) in [7, 11) is 0. The van der Waals surface area contributed by atoms with Crippen molar-refractivity contribution < 1.29 is 0 Å². The molecule has 1 fully saturated rings. The van der Waals surface area contributed by atoms with E-state index >= 15 is 0 Å². The zero-order chi connectivity index (χ0) is 14.4. The minimum Gasteiger partial charge on any atom is -0.307 e. The van der Waals surface area contributed by atoms with Gasteiger partial charge in [0.2, 0.25) is 0 Å². The molecule has 2 heteroatoms. The molecule has 20 heavy (non-hydrogen) atoms. The molecule has 112 valence electrons. The lowest BCUT2D eigenvalue weighted by molar-refractivity contribution is 0.261. The molecular formula is C18H28ClN. The number of rotatable bonds is 6. The van der Waals surface area contributed by atoms with Gasteiger partial charge in [-0.2, -0.15) is 0 Å². The topological polar surface area (TPSA) is 12.0 Å². The van der Waals surface area contributed by atoms with Crippen molar-refractivity contribution in [3.05, 3.63) is 34.9 Å². The van der Waals surface area contributed by atoms with Crippen LogP contribution in [0.15, 0.2) is 24.3 Å². The molecular weight excluding hydrogens is 266 g/mol. The van der Waals surface area contributed by atoms with Crippen molar-refractivity contribution in [1.29, 1.82) is 0 Å². The highest BCUT2D eigenvalue weighted by molar-refractivity contribution is 6.30. The molecule has 1 atom stereocenters. The second-order valence-corrected chi connectivity index (χ2v) is 6.62. The lowest BCUT2D eigenvalue weighted by Crippen LogP contribution is -2.35. The molecule has 0 radical (unpaired) electrons. The van der Waals surface area contributed by atoms with Crippen LogP contribution in [0.25, 0.3) is 0 Å². The predicted molar refractivity (Wildman–Crippen MR) is 88.3 cm³/mol. The average Bonchev–Trinajstić information content (AvgIpc) is 2.48. The first-order valence-electron chi connectivity index (χ1n) is 8.24.